The normalized spacial score (nSPS) is 15.9. The van der Waals surface area contributed by atoms with Crippen molar-refractivity contribution in [1.29, 1.82) is 0 Å². The Labute approximate surface area is 153 Å². The van der Waals surface area contributed by atoms with Gasteiger partial charge in [-0.25, -0.2) is 0 Å². The molecule has 6 nitrogen and oxygen atoms in total. The predicted octanol–water partition coefficient (Wildman–Crippen LogP) is 1.57. The van der Waals surface area contributed by atoms with Crippen LogP contribution in [0.25, 0.3) is 0 Å². The van der Waals surface area contributed by atoms with Gasteiger partial charge in [0.2, 0.25) is 5.75 Å². The van der Waals surface area contributed by atoms with Crippen LogP contribution in [0.3, 0.4) is 0 Å². The Bertz CT molecular complexity index is 765. The SMILES string of the molecule is COc1cc2c(cc1OC)C[NH+](Cc1cc(OC)c(O)c(OC)c1)CC2. The van der Waals surface area contributed by atoms with Gasteiger partial charge in [0.25, 0.3) is 0 Å². The van der Waals surface area contributed by atoms with Gasteiger partial charge in [0.05, 0.1) is 35.0 Å². The van der Waals surface area contributed by atoms with Gasteiger partial charge in [-0.05, 0) is 29.8 Å². The third-order valence-electron chi connectivity index (χ3n) is 4.89. The number of hydrogen-bond acceptors (Lipinski definition) is 5. The fraction of sp³-hybridized carbons (Fsp3) is 0.400. The van der Waals surface area contributed by atoms with E-state index >= 15 is 0 Å². The highest BCUT2D eigenvalue weighted by molar-refractivity contribution is 5.52. The number of nitrogens with one attached hydrogen (secondary N) is 1. The van der Waals surface area contributed by atoms with E-state index in [9.17, 15) is 5.11 Å². The Kier molecular flexibility index (Phi) is 5.42. The summed E-state index contributed by atoms with van der Waals surface area (Å²) in [5, 5.41) is 10.1. The average Bonchev–Trinajstić information content (AvgIpc) is 2.67. The summed E-state index contributed by atoms with van der Waals surface area (Å²) in [5.74, 6) is 2.45. The molecule has 2 N–H and O–H groups in total. The molecule has 6 heteroatoms. The molecule has 1 aliphatic heterocycles. The van der Waals surface area contributed by atoms with Crippen LogP contribution >= 0.6 is 0 Å². The van der Waals surface area contributed by atoms with Crippen LogP contribution < -0.4 is 23.8 Å². The molecule has 140 valence electrons. The highest BCUT2D eigenvalue weighted by Crippen LogP contribution is 2.37. The van der Waals surface area contributed by atoms with Gasteiger partial charge in [-0.15, -0.1) is 0 Å². The Morgan fingerprint density at radius 1 is 0.808 bits per heavy atom. The molecular formula is C20H26NO5+. The number of hydrogen-bond donors (Lipinski definition) is 2. The number of phenols is 1. The Morgan fingerprint density at radius 3 is 1.88 bits per heavy atom. The maximum atomic E-state index is 10.1. The summed E-state index contributed by atoms with van der Waals surface area (Å²) >= 11 is 0. The monoisotopic (exact) mass is 360 g/mol. The molecule has 0 amide bonds. The van der Waals surface area contributed by atoms with Crippen LogP contribution in [0.5, 0.6) is 28.7 Å². The molecule has 1 unspecified atom stereocenters. The molecule has 2 aromatic carbocycles. The third kappa shape index (κ3) is 3.51. The van der Waals surface area contributed by atoms with E-state index < -0.39 is 0 Å². The lowest BCUT2D eigenvalue weighted by molar-refractivity contribution is -0.929. The molecule has 1 aliphatic rings. The minimum absolute atomic E-state index is 0.0366. The van der Waals surface area contributed by atoms with E-state index in [4.69, 9.17) is 18.9 Å². The summed E-state index contributed by atoms with van der Waals surface area (Å²) in [6.07, 6.45) is 0.984. The minimum Gasteiger partial charge on any atom is -0.502 e. The molecule has 0 radical (unpaired) electrons. The minimum atomic E-state index is 0.0366. The second-order valence-corrected chi connectivity index (χ2v) is 6.43. The first-order chi connectivity index (χ1) is 12.6. The maximum Gasteiger partial charge on any atom is 0.200 e. The van der Waals surface area contributed by atoms with E-state index in [1.165, 1.54) is 16.0 Å². The predicted molar refractivity (Wildman–Crippen MR) is 97.7 cm³/mol. The number of aromatic hydroxyl groups is 1. The lowest BCUT2D eigenvalue weighted by Gasteiger charge is -2.27. The largest absolute Gasteiger partial charge is 0.502 e. The zero-order chi connectivity index (χ0) is 18.7. The van der Waals surface area contributed by atoms with Crippen LogP contribution in [0, 0.1) is 0 Å². The van der Waals surface area contributed by atoms with Gasteiger partial charge < -0.3 is 29.0 Å². The summed E-state index contributed by atoms with van der Waals surface area (Å²) in [5.41, 5.74) is 3.66. The number of quaternary nitrogens is 1. The van der Waals surface area contributed by atoms with Crippen molar-refractivity contribution >= 4 is 0 Å². The van der Waals surface area contributed by atoms with Gasteiger partial charge >= 0.3 is 0 Å². The van der Waals surface area contributed by atoms with Gasteiger partial charge in [0.1, 0.15) is 13.1 Å². The Balaban J connectivity index is 1.81. The molecule has 0 spiro atoms. The standard InChI is InChI=1S/C20H25NO5/c1-23-16-9-14-5-6-21(12-15(14)10-17(16)24-2)11-13-7-18(25-3)20(22)19(8-13)26-4/h7-10,22H,5-6,11-12H2,1-4H3/p+1. The van der Waals surface area contributed by atoms with Gasteiger partial charge in [-0.1, -0.05) is 0 Å². The van der Waals surface area contributed by atoms with E-state index in [2.05, 4.69) is 12.1 Å². The number of rotatable bonds is 6. The average molecular weight is 360 g/mol. The van der Waals surface area contributed by atoms with Crippen molar-refractivity contribution in [3.63, 3.8) is 0 Å². The smallest absolute Gasteiger partial charge is 0.200 e. The van der Waals surface area contributed by atoms with Crippen LogP contribution in [0.2, 0.25) is 0 Å². The third-order valence-corrected chi connectivity index (χ3v) is 4.89. The number of phenolic OH excluding ortho intramolecular Hbond substituents is 1. The van der Waals surface area contributed by atoms with Crippen molar-refractivity contribution in [2.24, 2.45) is 0 Å². The van der Waals surface area contributed by atoms with Crippen molar-refractivity contribution in [3.8, 4) is 28.7 Å². The van der Waals surface area contributed by atoms with Crippen LogP contribution in [0.4, 0.5) is 0 Å². The molecule has 1 atom stereocenters. The molecule has 0 saturated carbocycles. The molecule has 0 saturated heterocycles. The number of benzene rings is 2. The van der Waals surface area contributed by atoms with Crippen molar-refractivity contribution < 1.29 is 29.0 Å². The van der Waals surface area contributed by atoms with Crippen molar-refractivity contribution in [2.75, 3.05) is 35.0 Å². The number of fused-ring (bicyclic) bond motifs is 1. The first-order valence-corrected chi connectivity index (χ1v) is 8.60. The first-order valence-electron chi connectivity index (χ1n) is 8.60. The van der Waals surface area contributed by atoms with Gasteiger partial charge in [0.15, 0.2) is 23.0 Å². The molecule has 1 heterocycles. The van der Waals surface area contributed by atoms with E-state index in [1.54, 1.807) is 28.4 Å². The Hall–Kier alpha value is -2.60. The lowest BCUT2D eigenvalue weighted by atomic mass is 9.98. The second kappa shape index (κ2) is 7.74. The highest BCUT2D eigenvalue weighted by atomic mass is 16.5. The zero-order valence-electron chi connectivity index (χ0n) is 15.7. The fourth-order valence-corrected chi connectivity index (χ4v) is 3.52. The molecular weight excluding hydrogens is 334 g/mol. The van der Waals surface area contributed by atoms with E-state index in [-0.39, 0.29) is 5.75 Å². The first kappa shape index (κ1) is 18.2. The lowest BCUT2D eigenvalue weighted by Crippen LogP contribution is -3.10. The van der Waals surface area contributed by atoms with E-state index in [0.717, 1.165) is 43.1 Å². The molecule has 0 aromatic heterocycles. The van der Waals surface area contributed by atoms with Crippen LogP contribution in [-0.4, -0.2) is 40.1 Å². The van der Waals surface area contributed by atoms with Crippen LogP contribution in [0.15, 0.2) is 24.3 Å². The summed E-state index contributed by atoms with van der Waals surface area (Å²) in [4.78, 5) is 1.43. The van der Waals surface area contributed by atoms with Gasteiger partial charge in [0, 0.05) is 17.5 Å². The number of ether oxygens (including phenoxy) is 4. The van der Waals surface area contributed by atoms with Crippen molar-refractivity contribution in [1.82, 2.24) is 0 Å². The van der Waals surface area contributed by atoms with Crippen LogP contribution in [0.1, 0.15) is 16.7 Å². The second-order valence-electron chi connectivity index (χ2n) is 6.43. The topological polar surface area (TPSA) is 61.6 Å². The van der Waals surface area contributed by atoms with Gasteiger partial charge in [-0.2, -0.15) is 0 Å². The molecule has 0 fully saturated rings. The van der Waals surface area contributed by atoms with Crippen molar-refractivity contribution in [3.05, 3.63) is 41.0 Å². The molecule has 26 heavy (non-hydrogen) atoms. The highest BCUT2D eigenvalue weighted by Gasteiger charge is 2.23. The van der Waals surface area contributed by atoms with Gasteiger partial charge in [-0.3, -0.25) is 0 Å². The summed E-state index contributed by atoms with van der Waals surface area (Å²) in [6, 6.07) is 7.90. The van der Waals surface area contributed by atoms with E-state index in [1.807, 2.05) is 12.1 Å². The molecule has 0 bridgehead atoms. The van der Waals surface area contributed by atoms with E-state index in [0.29, 0.717) is 11.5 Å². The summed E-state index contributed by atoms with van der Waals surface area (Å²) in [6.45, 7) is 2.75. The quantitative estimate of drug-likeness (QED) is 0.819. The molecule has 0 aliphatic carbocycles. The van der Waals surface area contributed by atoms with Crippen LogP contribution in [-0.2, 0) is 19.5 Å². The van der Waals surface area contributed by atoms with Crippen molar-refractivity contribution in [2.45, 2.75) is 19.5 Å². The summed E-state index contributed by atoms with van der Waals surface area (Å²) < 4.78 is 21.4. The zero-order valence-corrected chi connectivity index (χ0v) is 15.7. The maximum absolute atomic E-state index is 10.1. The fourth-order valence-electron chi connectivity index (χ4n) is 3.52. The number of methoxy groups -OCH3 is 4. The molecule has 2 aromatic rings. The molecule has 3 rings (SSSR count). The summed E-state index contributed by atoms with van der Waals surface area (Å²) in [7, 11) is 6.41. The Morgan fingerprint density at radius 2 is 1.35 bits per heavy atom.